The van der Waals surface area contributed by atoms with Crippen LogP contribution < -0.4 is 10.6 Å². The first kappa shape index (κ1) is 14.6. The Hall–Kier alpha value is -1.80. The highest BCUT2D eigenvalue weighted by Crippen LogP contribution is 2.12. The monoisotopic (exact) mass is 294 g/mol. The Morgan fingerprint density at radius 1 is 1.45 bits per heavy atom. The molecule has 0 aliphatic rings. The second-order valence-electron chi connectivity index (χ2n) is 4.70. The van der Waals surface area contributed by atoms with Crippen molar-refractivity contribution in [2.24, 2.45) is 0 Å². The van der Waals surface area contributed by atoms with Crippen LogP contribution in [0.4, 0.5) is 5.13 Å². The molecule has 8 heteroatoms. The molecule has 0 saturated heterocycles. The van der Waals surface area contributed by atoms with Crippen molar-refractivity contribution in [3.8, 4) is 0 Å². The van der Waals surface area contributed by atoms with Gasteiger partial charge in [0.2, 0.25) is 11.0 Å². The maximum absolute atomic E-state index is 11.7. The van der Waals surface area contributed by atoms with Gasteiger partial charge in [0.15, 0.2) is 0 Å². The van der Waals surface area contributed by atoms with Crippen molar-refractivity contribution in [3.05, 3.63) is 23.0 Å². The third-order valence-electron chi connectivity index (χ3n) is 2.61. The van der Waals surface area contributed by atoms with Gasteiger partial charge in [0, 0.05) is 12.2 Å². The topological polar surface area (TPSA) is 84.7 Å². The Morgan fingerprint density at radius 2 is 2.25 bits per heavy atom. The van der Waals surface area contributed by atoms with E-state index in [1.54, 1.807) is 0 Å². The van der Waals surface area contributed by atoms with Gasteiger partial charge in [0.05, 0.1) is 19.3 Å². The minimum atomic E-state index is -0.121. The van der Waals surface area contributed by atoms with Crippen LogP contribution >= 0.6 is 11.3 Å². The van der Waals surface area contributed by atoms with E-state index in [9.17, 15) is 4.79 Å². The van der Waals surface area contributed by atoms with Crippen molar-refractivity contribution in [1.82, 2.24) is 25.3 Å². The average molecular weight is 294 g/mol. The number of carbonyl (C=O) groups is 1. The van der Waals surface area contributed by atoms with Crippen molar-refractivity contribution >= 4 is 22.4 Å². The third-order valence-corrected chi connectivity index (χ3v) is 3.36. The molecule has 20 heavy (non-hydrogen) atoms. The van der Waals surface area contributed by atoms with Crippen LogP contribution in [0.3, 0.4) is 0 Å². The lowest BCUT2D eigenvalue weighted by Gasteiger charge is -2.13. The minimum Gasteiger partial charge on any atom is -0.304 e. The van der Waals surface area contributed by atoms with Crippen LogP contribution in [0.25, 0.3) is 0 Å². The van der Waals surface area contributed by atoms with Gasteiger partial charge in [-0.2, -0.15) is 5.10 Å². The van der Waals surface area contributed by atoms with E-state index in [1.807, 2.05) is 37.8 Å². The smallest absolute Gasteiger partial charge is 0.240 e. The number of nitrogens with zero attached hydrogens (tertiary/aromatic N) is 4. The molecule has 0 bridgehead atoms. The molecule has 2 aromatic rings. The van der Waals surface area contributed by atoms with Gasteiger partial charge in [-0.05, 0) is 26.3 Å². The van der Waals surface area contributed by atoms with E-state index in [-0.39, 0.29) is 18.5 Å². The number of aromatic nitrogens is 4. The minimum absolute atomic E-state index is 0.121. The molecule has 0 radical (unpaired) electrons. The summed E-state index contributed by atoms with van der Waals surface area (Å²) in [5.74, 6) is -0.121. The van der Waals surface area contributed by atoms with E-state index in [1.165, 1.54) is 11.3 Å². The lowest BCUT2D eigenvalue weighted by molar-refractivity contribution is -0.115. The molecule has 0 spiro atoms. The summed E-state index contributed by atoms with van der Waals surface area (Å²) >= 11 is 1.36. The predicted octanol–water partition coefficient (Wildman–Crippen LogP) is 0.968. The normalized spacial score (nSPS) is 12.3. The van der Waals surface area contributed by atoms with Gasteiger partial charge in [-0.15, -0.1) is 10.2 Å². The molecule has 7 nitrogen and oxygen atoms in total. The molecule has 0 fully saturated rings. The number of carbonyl (C=O) groups excluding carboxylic acids is 1. The molecule has 0 saturated carbocycles. The third kappa shape index (κ3) is 4.39. The van der Waals surface area contributed by atoms with Crippen molar-refractivity contribution in [3.63, 3.8) is 0 Å². The molecule has 2 heterocycles. The molecule has 0 aliphatic carbocycles. The molecule has 2 aromatic heterocycles. The van der Waals surface area contributed by atoms with Crippen molar-refractivity contribution in [1.29, 1.82) is 0 Å². The molecular formula is C12H18N6OS. The summed E-state index contributed by atoms with van der Waals surface area (Å²) in [5, 5.41) is 19.1. The van der Waals surface area contributed by atoms with Gasteiger partial charge in [-0.3, -0.25) is 14.8 Å². The number of aryl methyl sites for hydroxylation is 2. The highest BCUT2D eigenvalue weighted by molar-refractivity contribution is 7.15. The van der Waals surface area contributed by atoms with Crippen LogP contribution in [-0.4, -0.2) is 38.5 Å². The fraction of sp³-hybridized carbons (Fsp3) is 0.500. The van der Waals surface area contributed by atoms with E-state index in [4.69, 9.17) is 0 Å². The number of amides is 1. The Kier molecular flexibility index (Phi) is 4.80. The van der Waals surface area contributed by atoms with Crippen LogP contribution in [0.1, 0.15) is 17.5 Å². The predicted molar refractivity (Wildman–Crippen MR) is 77.7 cm³/mol. The highest BCUT2D eigenvalue weighted by atomic mass is 32.1. The number of anilines is 1. The standard InChI is InChI=1S/C12H18N6OS/c1-8-4-14-18(6-8)7-9(2)13-5-11(19)15-12-17-16-10(3)20-12/h4,6,9,13H,5,7H2,1-3H3,(H,15,17,19). The summed E-state index contributed by atoms with van der Waals surface area (Å²) in [6.45, 7) is 6.82. The summed E-state index contributed by atoms with van der Waals surface area (Å²) in [7, 11) is 0. The molecule has 2 rings (SSSR count). The molecule has 2 N–H and O–H groups in total. The molecular weight excluding hydrogens is 276 g/mol. The first-order chi connectivity index (χ1) is 9.52. The van der Waals surface area contributed by atoms with Crippen molar-refractivity contribution in [2.75, 3.05) is 11.9 Å². The summed E-state index contributed by atoms with van der Waals surface area (Å²) in [6.07, 6.45) is 3.79. The van der Waals surface area contributed by atoms with Gasteiger partial charge in [-0.25, -0.2) is 0 Å². The molecule has 1 atom stereocenters. The van der Waals surface area contributed by atoms with Gasteiger partial charge >= 0.3 is 0 Å². The van der Waals surface area contributed by atoms with E-state index in [2.05, 4.69) is 25.9 Å². The fourth-order valence-corrected chi connectivity index (χ4v) is 2.30. The number of rotatable bonds is 6. The summed E-state index contributed by atoms with van der Waals surface area (Å²) < 4.78 is 1.86. The van der Waals surface area contributed by atoms with Gasteiger partial charge in [-0.1, -0.05) is 11.3 Å². The Morgan fingerprint density at radius 3 is 2.85 bits per heavy atom. The van der Waals surface area contributed by atoms with E-state index >= 15 is 0 Å². The Bertz CT molecular complexity index is 578. The first-order valence-electron chi connectivity index (χ1n) is 6.35. The van der Waals surface area contributed by atoms with Crippen LogP contribution in [0.15, 0.2) is 12.4 Å². The fourth-order valence-electron chi connectivity index (χ4n) is 1.69. The van der Waals surface area contributed by atoms with Crippen LogP contribution in [0.2, 0.25) is 0 Å². The van der Waals surface area contributed by atoms with Gasteiger partial charge in [0.1, 0.15) is 5.01 Å². The lowest BCUT2D eigenvalue weighted by Crippen LogP contribution is -2.36. The van der Waals surface area contributed by atoms with Crippen LogP contribution in [0, 0.1) is 13.8 Å². The number of hydrogen-bond acceptors (Lipinski definition) is 6. The molecule has 1 unspecified atom stereocenters. The second kappa shape index (κ2) is 6.58. The van der Waals surface area contributed by atoms with E-state index in [0.29, 0.717) is 5.13 Å². The zero-order valence-electron chi connectivity index (χ0n) is 11.8. The van der Waals surface area contributed by atoms with E-state index < -0.39 is 0 Å². The maximum atomic E-state index is 11.7. The Balaban J connectivity index is 1.72. The first-order valence-corrected chi connectivity index (χ1v) is 7.17. The van der Waals surface area contributed by atoms with Crippen LogP contribution in [-0.2, 0) is 11.3 Å². The largest absolute Gasteiger partial charge is 0.304 e. The molecule has 108 valence electrons. The number of hydrogen-bond donors (Lipinski definition) is 2. The average Bonchev–Trinajstić information content (AvgIpc) is 2.96. The second-order valence-corrected chi connectivity index (χ2v) is 5.88. The Labute approximate surface area is 121 Å². The summed E-state index contributed by atoms with van der Waals surface area (Å²) in [4.78, 5) is 11.7. The molecule has 0 aliphatic heterocycles. The lowest BCUT2D eigenvalue weighted by atomic mass is 10.3. The summed E-state index contributed by atoms with van der Waals surface area (Å²) in [5.41, 5.74) is 1.13. The quantitative estimate of drug-likeness (QED) is 0.829. The SMILES string of the molecule is Cc1cnn(CC(C)NCC(=O)Nc2nnc(C)s2)c1. The molecule has 0 aromatic carbocycles. The van der Waals surface area contributed by atoms with Crippen molar-refractivity contribution in [2.45, 2.75) is 33.4 Å². The van der Waals surface area contributed by atoms with Gasteiger partial charge < -0.3 is 5.32 Å². The maximum Gasteiger partial charge on any atom is 0.240 e. The van der Waals surface area contributed by atoms with E-state index in [0.717, 1.165) is 17.1 Å². The van der Waals surface area contributed by atoms with Crippen LogP contribution in [0.5, 0.6) is 0 Å². The zero-order chi connectivity index (χ0) is 14.5. The van der Waals surface area contributed by atoms with Crippen molar-refractivity contribution < 1.29 is 4.79 Å². The summed E-state index contributed by atoms with van der Waals surface area (Å²) in [6, 6.07) is 0.149. The van der Waals surface area contributed by atoms with Gasteiger partial charge in [0.25, 0.3) is 0 Å². The highest BCUT2D eigenvalue weighted by Gasteiger charge is 2.09. The molecule has 1 amide bonds. The number of nitrogens with one attached hydrogen (secondary N) is 2. The zero-order valence-corrected chi connectivity index (χ0v) is 12.6.